The summed E-state index contributed by atoms with van der Waals surface area (Å²) in [6, 6.07) is 7.15. The number of carbonyl (C=O) groups excluding carboxylic acids is 1. The molecule has 0 heterocycles. The topological polar surface area (TPSA) is 69.2 Å². The summed E-state index contributed by atoms with van der Waals surface area (Å²) < 4.78 is 15.9. The van der Waals surface area contributed by atoms with E-state index in [2.05, 4.69) is 24.2 Å². The van der Waals surface area contributed by atoms with Crippen LogP contribution in [-0.2, 0) is 9.47 Å². The van der Waals surface area contributed by atoms with Crippen molar-refractivity contribution in [2.75, 3.05) is 33.5 Å². The van der Waals surface area contributed by atoms with Crippen LogP contribution in [0.2, 0.25) is 0 Å². The number of amides is 1. The van der Waals surface area contributed by atoms with Crippen molar-refractivity contribution in [1.29, 1.82) is 0 Å². The van der Waals surface area contributed by atoms with Crippen molar-refractivity contribution in [2.24, 2.45) is 10.9 Å². The quantitative estimate of drug-likeness (QED) is 0.428. The van der Waals surface area contributed by atoms with Gasteiger partial charge >= 0.3 is 0 Å². The number of ether oxygens (including phenoxy) is 3. The number of methoxy groups -OCH3 is 1. The zero-order chi connectivity index (χ0) is 17.8. The van der Waals surface area contributed by atoms with Crippen LogP contribution in [0.1, 0.15) is 37.6 Å². The summed E-state index contributed by atoms with van der Waals surface area (Å²) in [5.74, 6) is 0.874. The van der Waals surface area contributed by atoms with Gasteiger partial charge in [0.1, 0.15) is 12.4 Å². The summed E-state index contributed by atoms with van der Waals surface area (Å²) in [5.41, 5.74) is 0.485. The fourth-order valence-corrected chi connectivity index (χ4v) is 1.82. The third-order valence-electron chi connectivity index (χ3n) is 3.18. The van der Waals surface area contributed by atoms with Crippen LogP contribution in [0.15, 0.2) is 29.3 Å². The molecule has 0 saturated heterocycles. The predicted molar refractivity (Wildman–Crippen MR) is 94.7 cm³/mol. The van der Waals surface area contributed by atoms with Gasteiger partial charge in [0.2, 0.25) is 0 Å². The van der Waals surface area contributed by atoms with Gasteiger partial charge in [-0.25, -0.2) is 4.99 Å². The molecule has 0 unspecified atom stereocenters. The first kappa shape index (κ1) is 20.0. The summed E-state index contributed by atoms with van der Waals surface area (Å²) >= 11 is 0. The molecule has 1 aromatic carbocycles. The minimum atomic E-state index is -0.284. The van der Waals surface area contributed by atoms with Gasteiger partial charge < -0.3 is 14.2 Å². The minimum absolute atomic E-state index is 0.225. The molecule has 1 N–H and O–H groups in total. The highest BCUT2D eigenvalue weighted by molar-refractivity contribution is 6.04. The normalized spacial score (nSPS) is 11.5. The largest absolute Gasteiger partial charge is 0.497 e. The second-order valence-electron chi connectivity index (χ2n) is 5.60. The molecule has 0 bridgehead atoms. The average Bonchev–Trinajstić information content (AvgIpc) is 2.58. The summed E-state index contributed by atoms with van der Waals surface area (Å²) in [5, 5.41) is 2.71. The van der Waals surface area contributed by atoms with Gasteiger partial charge in [-0.3, -0.25) is 10.1 Å². The third kappa shape index (κ3) is 7.97. The molecule has 0 fully saturated rings. The van der Waals surface area contributed by atoms with E-state index in [0.717, 1.165) is 6.42 Å². The minimum Gasteiger partial charge on any atom is -0.497 e. The van der Waals surface area contributed by atoms with Gasteiger partial charge in [-0.1, -0.05) is 19.9 Å². The fourth-order valence-electron chi connectivity index (χ4n) is 1.82. The Labute approximate surface area is 144 Å². The van der Waals surface area contributed by atoms with Gasteiger partial charge in [0.05, 0.1) is 13.7 Å². The highest BCUT2D eigenvalue weighted by atomic mass is 16.5. The van der Waals surface area contributed by atoms with E-state index in [0.29, 0.717) is 43.6 Å². The first-order valence-electron chi connectivity index (χ1n) is 8.27. The van der Waals surface area contributed by atoms with E-state index in [1.807, 2.05) is 6.92 Å². The molecule has 0 aromatic heterocycles. The molecule has 0 aliphatic carbocycles. The molecule has 0 atom stereocenters. The van der Waals surface area contributed by atoms with Crippen molar-refractivity contribution in [3.63, 3.8) is 0 Å². The van der Waals surface area contributed by atoms with Gasteiger partial charge in [-0.15, -0.1) is 0 Å². The second kappa shape index (κ2) is 11.5. The van der Waals surface area contributed by atoms with Crippen molar-refractivity contribution < 1.29 is 19.0 Å². The van der Waals surface area contributed by atoms with E-state index >= 15 is 0 Å². The monoisotopic (exact) mass is 336 g/mol. The van der Waals surface area contributed by atoms with E-state index in [4.69, 9.17) is 14.2 Å². The van der Waals surface area contributed by atoms with Crippen molar-refractivity contribution in [2.45, 2.75) is 27.2 Å². The van der Waals surface area contributed by atoms with Crippen molar-refractivity contribution >= 4 is 11.9 Å². The van der Waals surface area contributed by atoms with E-state index in [-0.39, 0.29) is 11.9 Å². The average molecular weight is 336 g/mol. The van der Waals surface area contributed by atoms with E-state index < -0.39 is 0 Å². The van der Waals surface area contributed by atoms with Crippen molar-refractivity contribution in [3.8, 4) is 5.75 Å². The Morgan fingerprint density at radius 2 is 2.08 bits per heavy atom. The van der Waals surface area contributed by atoms with Gasteiger partial charge in [-0.2, -0.15) is 0 Å². The zero-order valence-electron chi connectivity index (χ0n) is 15.0. The van der Waals surface area contributed by atoms with Crippen molar-refractivity contribution in [3.05, 3.63) is 29.8 Å². The molecule has 0 spiro atoms. The number of hydrogen-bond acceptors (Lipinski definition) is 5. The highest BCUT2D eigenvalue weighted by Gasteiger charge is 2.11. The number of carbonyl (C=O) groups is 1. The molecular weight excluding hydrogens is 308 g/mol. The smallest absolute Gasteiger partial charge is 0.291 e. The van der Waals surface area contributed by atoms with Crippen LogP contribution >= 0.6 is 0 Å². The molecule has 0 aliphatic rings. The summed E-state index contributed by atoms with van der Waals surface area (Å²) in [4.78, 5) is 16.7. The van der Waals surface area contributed by atoms with Gasteiger partial charge in [-0.05, 0) is 37.5 Å². The van der Waals surface area contributed by atoms with E-state index in [1.165, 1.54) is 0 Å². The molecular formula is C18H28N2O4. The number of rotatable bonds is 9. The maximum atomic E-state index is 12.4. The Bertz CT molecular complexity index is 530. The Morgan fingerprint density at radius 3 is 2.75 bits per heavy atom. The van der Waals surface area contributed by atoms with E-state index in [9.17, 15) is 4.79 Å². The Hall–Kier alpha value is -2.08. The van der Waals surface area contributed by atoms with Crippen molar-refractivity contribution in [1.82, 2.24) is 5.32 Å². The van der Waals surface area contributed by atoms with Crippen LogP contribution in [0.5, 0.6) is 5.75 Å². The Kier molecular flexibility index (Phi) is 9.53. The van der Waals surface area contributed by atoms with Crippen LogP contribution < -0.4 is 10.1 Å². The molecule has 1 aromatic rings. The lowest BCUT2D eigenvalue weighted by molar-refractivity contribution is 0.0921. The predicted octanol–water partition coefficient (Wildman–Crippen LogP) is 2.88. The van der Waals surface area contributed by atoms with Gasteiger partial charge in [0.15, 0.2) is 0 Å². The summed E-state index contributed by atoms with van der Waals surface area (Å²) in [6.07, 6.45) is 0.924. The molecule has 0 saturated carbocycles. The standard InChI is InChI=1S/C18H28N2O4/c1-5-23-11-12-24-18(19-10-9-14(2)3)20-17(21)15-7-6-8-16(13-15)22-4/h6-8,13-14H,5,9-12H2,1-4H3,(H,19,20,21). The molecule has 134 valence electrons. The molecule has 6 nitrogen and oxygen atoms in total. The van der Waals surface area contributed by atoms with E-state index in [1.54, 1.807) is 31.4 Å². The Morgan fingerprint density at radius 1 is 1.29 bits per heavy atom. The number of benzene rings is 1. The van der Waals surface area contributed by atoms with Gasteiger partial charge in [0, 0.05) is 18.7 Å². The molecule has 24 heavy (non-hydrogen) atoms. The second-order valence-corrected chi connectivity index (χ2v) is 5.60. The van der Waals surface area contributed by atoms with Crippen LogP contribution in [0, 0.1) is 5.92 Å². The van der Waals surface area contributed by atoms with Crippen LogP contribution in [0.4, 0.5) is 0 Å². The first-order chi connectivity index (χ1) is 11.6. The molecule has 0 radical (unpaired) electrons. The van der Waals surface area contributed by atoms with Gasteiger partial charge in [0.25, 0.3) is 11.9 Å². The zero-order valence-corrected chi connectivity index (χ0v) is 15.0. The fraction of sp³-hybridized carbons (Fsp3) is 0.556. The maximum absolute atomic E-state index is 12.4. The third-order valence-corrected chi connectivity index (χ3v) is 3.18. The molecule has 0 aliphatic heterocycles. The number of hydrogen-bond donors (Lipinski definition) is 1. The van der Waals surface area contributed by atoms with Crippen LogP contribution in [-0.4, -0.2) is 45.4 Å². The molecule has 6 heteroatoms. The SMILES string of the molecule is CCOCCOC(=NCCC(C)C)NC(=O)c1cccc(OC)c1. The first-order valence-corrected chi connectivity index (χ1v) is 8.27. The summed E-state index contributed by atoms with van der Waals surface area (Å²) in [7, 11) is 1.56. The number of nitrogens with zero attached hydrogens (tertiary/aromatic N) is 1. The number of nitrogens with one attached hydrogen (secondary N) is 1. The molecule has 1 amide bonds. The molecule has 1 rings (SSSR count). The maximum Gasteiger partial charge on any atom is 0.291 e. The summed E-state index contributed by atoms with van der Waals surface area (Å²) in [6.45, 7) is 8.18. The number of amidine groups is 1. The van der Waals surface area contributed by atoms with Crippen LogP contribution in [0.3, 0.4) is 0 Å². The highest BCUT2D eigenvalue weighted by Crippen LogP contribution is 2.12. The Balaban J connectivity index is 2.68. The number of aliphatic imine (C=N–C) groups is 1. The van der Waals surface area contributed by atoms with Crippen LogP contribution in [0.25, 0.3) is 0 Å². The lowest BCUT2D eigenvalue weighted by atomic mass is 10.1. The lowest BCUT2D eigenvalue weighted by Gasteiger charge is -2.12. The lowest BCUT2D eigenvalue weighted by Crippen LogP contribution is -2.33.